The number of aryl methyl sites for hydroxylation is 1. The van der Waals surface area contributed by atoms with Gasteiger partial charge in [-0.05, 0) is 24.3 Å². The van der Waals surface area contributed by atoms with Gasteiger partial charge in [-0.3, -0.25) is 4.79 Å². The summed E-state index contributed by atoms with van der Waals surface area (Å²) in [7, 11) is 0. The van der Waals surface area contributed by atoms with Crippen LogP contribution in [0, 0.1) is 0 Å². The average molecular weight is 319 g/mol. The molecule has 1 aliphatic carbocycles. The van der Waals surface area contributed by atoms with Gasteiger partial charge in [0, 0.05) is 29.8 Å². The molecule has 22 heavy (non-hydrogen) atoms. The van der Waals surface area contributed by atoms with Crippen LogP contribution in [0.15, 0.2) is 21.2 Å². The molecule has 1 amide bonds. The molecule has 0 radical (unpaired) electrons. The number of nitrogens with one attached hydrogen (secondary N) is 1. The highest BCUT2D eigenvalue weighted by molar-refractivity contribution is 7.08. The third-order valence-corrected chi connectivity index (χ3v) is 4.70. The van der Waals surface area contributed by atoms with Crippen molar-refractivity contribution in [1.29, 1.82) is 0 Å². The molecule has 3 rings (SSSR count). The highest BCUT2D eigenvalue weighted by Gasteiger charge is 2.16. The van der Waals surface area contributed by atoms with Crippen LogP contribution in [-0.4, -0.2) is 22.1 Å². The Balaban J connectivity index is 1.46. The lowest BCUT2D eigenvalue weighted by atomic mass is 10.1. The molecule has 1 fully saturated rings. The Bertz CT molecular complexity index is 586. The van der Waals surface area contributed by atoms with Crippen molar-refractivity contribution < 1.29 is 9.21 Å². The van der Waals surface area contributed by atoms with Crippen LogP contribution < -0.4 is 5.32 Å². The van der Waals surface area contributed by atoms with E-state index in [1.54, 1.807) is 11.3 Å². The highest BCUT2D eigenvalue weighted by Crippen LogP contribution is 2.21. The van der Waals surface area contributed by atoms with Crippen molar-refractivity contribution in [1.82, 2.24) is 15.5 Å². The molecule has 0 bridgehead atoms. The molecule has 0 saturated heterocycles. The Hall–Kier alpha value is -1.69. The summed E-state index contributed by atoms with van der Waals surface area (Å²) in [6, 6.07) is 2.29. The third-order valence-electron chi connectivity index (χ3n) is 4.02. The Morgan fingerprint density at radius 1 is 1.27 bits per heavy atom. The summed E-state index contributed by atoms with van der Waals surface area (Å²) in [6.45, 7) is 0. The number of carbonyl (C=O) groups is 1. The lowest BCUT2D eigenvalue weighted by Gasteiger charge is -2.15. The van der Waals surface area contributed by atoms with Crippen molar-refractivity contribution in [3.63, 3.8) is 0 Å². The molecule has 0 atom stereocenters. The van der Waals surface area contributed by atoms with Gasteiger partial charge < -0.3 is 9.73 Å². The second-order valence-corrected chi connectivity index (χ2v) is 6.55. The minimum Gasteiger partial charge on any atom is -0.421 e. The summed E-state index contributed by atoms with van der Waals surface area (Å²) in [6.07, 6.45) is 8.14. The van der Waals surface area contributed by atoms with E-state index in [2.05, 4.69) is 15.5 Å². The first-order valence-electron chi connectivity index (χ1n) is 7.95. The number of hydrogen-bond donors (Lipinski definition) is 1. The van der Waals surface area contributed by atoms with Gasteiger partial charge in [0.2, 0.25) is 17.7 Å². The maximum atomic E-state index is 12.0. The molecular formula is C16H21N3O2S. The van der Waals surface area contributed by atoms with Crippen molar-refractivity contribution in [2.45, 2.75) is 57.4 Å². The average Bonchev–Trinajstić information content (AvgIpc) is 3.14. The predicted octanol–water partition coefficient (Wildman–Crippen LogP) is 3.57. The summed E-state index contributed by atoms with van der Waals surface area (Å²) < 4.78 is 5.59. The molecule has 118 valence electrons. The minimum atomic E-state index is 0.0854. The minimum absolute atomic E-state index is 0.0854. The van der Waals surface area contributed by atoms with Crippen molar-refractivity contribution in [2.75, 3.05) is 0 Å². The van der Waals surface area contributed by atoms with Gasteiger partial charge >= 0.3 is 0 Å². The lowest BCUT2D eigenvalue weighted by Crippen LogP contribution is -2.34. The van der Waals surface area contributed by atoms with E-state index in [1.165, 1.54) is 25.7 Å². The van der Waals surface area contributed by atoms with Crippen molar-refractivity contribution >= 4 is 17.2 Å². The molecular weight excluding hydrogens is 298 g/mol. The van der Waals surface area contributed by atoms with Crippen molar-refractivity contribution in [3.8, 4) is 11.5 Å². The Kier molecular flexibility index (Phi) is 5.21. The normalized spacial score (nSPS) is 16.4. The SMILES string of the molecule is O=C(CCc1nnc(-c2ccsc2)o1)NC1CCCCCC1. The van der Waals surface area contributed by atoms with E-state index in [0.29, 0.717) is 30.7 Å². The Morgan fingerprint density at radius 3 is 2.82 bits per heavy atom. The molecule has 0 spiro atoms. The number of aromatic nitrogens is 2. The Labute approximate surface area is 134 Å². The predicted molar refractivity (Wildman–Crippen MR) is 85.6 cm³/mol. The van der Waals surface area contributed by atoms with Crippen molar-refractivity contribution in [2.24, 2.45) is 0 Å². The molecule has 1 aliphatic rings. The summed E-state index contributed by atoms with van der Waals surface area (Å²) in [5.41, 5.74) is 0.937. The molecule has 5 nitrogen and oxygen atoms in total. The van der Waals surface area contributed by atoms with Gasteiger partial charge in [-0.2, -0.15) is 11.3 Å². The summed E-state index contributed by atoms with van der Waals surface area (Å²) in [4.78, 5) is 12.0. The smallest absolute Gasteiger partial charge is 0.248 e. The summed E-state index contributed by atoms with van der Waals surface area (Å²) >= 11 is 1.59. The molecule has 0 aliphatic heterocycles. The largest absolute Gasteiger partial charge is 0.421 e. The fraction of sp³-hybridized carbons (Fsp3) is 0.562. The molecule has 0 unspecified atom stereocenters. The zero-order valence-corrected chi connectivity index (χ0v) is 13.4. The summed E-state index contributed by atoms with van der Waals surface area (Å²) in [5, 5.41) is 15.1. The topological polar surface area (TPSA) is 68.0 Å². The van der Waals surface area contributed by atoms with Crippen LogP contribution >= 0.6 is 11.3 Å². The van der Waals surface area contributed by atoms with Crippen LogP contribution in [0.5, 0.6) is 0 Å². The van der Waals surface area contributed by atoms with E-state index in [9.17, 15) is 4.79 Å². The third kappa shape index (κ3) is 4.16. The van der Waals surface area contributed by atoms with Crippen LogP contribution in [0.25, 0.3) is 11.5 Å². The first-order valence-corrected chi connectivity index (χ1v) is 8.90. The standard InChI is InChI=1S/C16H21N3O2S/c20-14(17-13-5-3-1-2-4-6-13)7-8-15-18-19-16(21-15)12-9-10-22-11-12/h9-11,13H,1-8H2,(H,17,20). The van der Waals surface area contributed by atoms with E-state index >= 15 is 0 Å². The number of carbonyl (C=O) groups excluding carboxylic acids is 1. The van der Waals surface area contributed by atoms with E-state index in [4.69, 9.17) is 4.42 Å². The zero-order valence-electron chi connectivity index (χ0n) is 12.6. The number of nitrogens with zero attached hydrogens (tertiary/aromatic N) is 2. The van der Waals surface area contributed by atoms with Crippen LogP contribution in [-0.2, 0) is 11.2 Å². The van der Waals surface area contributed by atoms with Crippen LogP contribution in [0.4, 0.5) is 0 Å². The number of amides is 1. The van der Waals surface area contributed by atoms with Gasteiger partial charge in [0.1, 0.15) is 0 Å². The lowest BCUT2D eigenvalue weighted by molar-refractivity contribution is -0.121. The second-order valence-electron chi connectivity index (χ2n) is 5.77. The van der Waals surface area contributed by atoms with Crippen LogP contribution in [0.2, 0.25) is 0 Å². The molecule has 6 heteroatoms. The number of thiophene rings is 1. The monoisotopic (exact) mass is 319 g/mol. The highest BCUT2D eigenvalue weighted by atomic mass is 32.1. The molecule has 1 saturated carbocycles. The fourth-order valence-corrected chi connectivity index (χ4v) is 3.43. The Morgan fingerprint density at radius 2 is 2.09 bits per heavy atom. The van der Waals surface area contributed by atoms with Crippen LogP contribution in [0.3, 0.4) is 0 Å². The molecule has 2 aromatic rings. The first kappa shape index (κ1) is 15.2. The van der Waals surface area contributed by atoms with Crippen molar-refractivity contribution in [3.05, 3.63) is 22.7 Å². The van der Waals surface area contributed by atoms with E-state index < -0.39 is 0 Å². The molecule has 2 heterocycles. The fourth-order valence-electron chi connectivity index (χ4n) is 2.80. The van der Waals surface area contributed by atoms with Gasteiger partial charge in [-0.25, -0.2) is 0 Å². The first-order chi connectivity index (χ1) is 10.8. The van der Waals surface area contributed by atoms with Gasteiger partial charge in [-0.1, -0.05) is 25.7 Å². The second kappa shape index (κ2) is 7.54. The molecule has 1 N–H and O–H groups in total. The number of rotatable bonds is 5. The molecule has 0 aromatic carbocycles. The van der Waals surface area contributed by atoms with Gasteiger partial charge in [0.05, 0.1) is 0 Å². The van der Waals surface area contributed by atoms with Gasteiger partial charge in [0.25, 0.3) is 0 Å². The van der Waals surface area contributed by atoms with Gasteiger partial charge in [0.15, 0.2) is 0 Å². The van der Waals surface area contributed by atoms with E-state index in [0.717, 1.165) is 18.4 Å². The number of hydrogen-bond acceptors (Lipinski definition) is 5. The zero-order chi connectivity index (χ0) is 15.2. The van der Waals surface area contributed by atoms with Gasteiger partial charge in [-0.15, -0.1) is 10.2 Å². The maximum absolute atomic E-state index is 12.0. The summed E-state index contributed by atoms with van der Waals surface area (Å²) in [5.74, 6) is 1.14. The maximum Gasteiger partial charge on any atom is 0.248 e. The quantitative estimate of drug-likeness (QED) is 0.856. The van der Waals surface area contributed by atoms with E-state index in [1.807, 2.05) is 16.8 Å². The van der Waals surface area contributed by atoms with E-state index in [-0.39, 0.29) is 5.91 Å². The van der Waals surface area contributed by atoms with Crippen LogP contribution in [0.1, 0.15) is 50.8 Å². The molecule has 2 aromatic heterocycles.